The van der Waals surface area contributed by atoms with Crippen LogP contribution < -0.4 is 10.0 Å². The largest absolute Gasteiger partial charge is 0.345 e. The van der Waals surface area contributed by atoms with Crippen LogP contribution in [0, 0.1) is 28.0 Å². The molecule has 0 spiro atoms. The van der Waals surface area contributed by atoms with Gasteiger partial charge < -0.3 is 9.88 Å². The summed E-state index contributed by atoms with van der Waals surface area (Å²) in [6, 6.07) is 3.69. The van der Waals surface area contributed by atoms with Gasteiger partial charge in [0.1, 0.15) is 27.4 Å². The van der Waals surface area contributed by atoms with E-state index in [1.807, 2.05) is 13.8 Å². The van der Waals surface area contributed by atoms with Crippen LogP contribution >= 0.6 is 0 Å². The molecule has 0 aromatic carbocycles. The number of anilines is 1. The van der Waals surface area contributed by atoms with Gasteiger partial charge in [0.05, 0.1) is 4.90 Å². The molecule has 0 bridgehead atoms. The average Bonchev–Trinajstić information content (AvgIpc) is 2.88. The van der Waals surface area contributed by atoms with Gasteiger partial charge in [-0.1, -0.05) is 26.0 Å². The van der Waals surface area contributed by atoms with Crippen molar-refractivity contribution in [3.05, 3.63) is 47.3 Å². The molecule has 1 aliphatic rings. The summed E-state index contributed by atoms with van der Waals surface area (Å²) < 4.78 is 39.0. The maximum atomic E-state index is 13.5. The zero-order chi connectivity index (χ0) is 20.6. The van der Waals surface area contributed by atoms with Gasteiger partial charge in [0.2, 0.25) is 5.95 Å². The van der Waals surface area contributed by atoms with E-state index in [1.54, 1.807) is 25.3 Å². The van der Waals surface area contributed by atoms with E-state index < -0.39 is 21.8 Å². The number of nitrogens with one attached hydrogen (secondary N) is 3. The number of rotatable bonds is 3. The van der Waals surface area contributed by atoms with Gasteiger partial charge in [0.25, 0.3) is 5.91 Å². The molecule has 2 atom stereocenters. The van der Waals surface area contributed by atoms with Crippen LogP contribution in [0.25, 0.3) is 6.08 Å². The third-order valence-corrected chi connectivity index (χ3v) is 5.91. The Labute approximate surface area is 162 Å². The van der Waals surface area contributed by atoms with Gasteiger partial charge in [-0.2, -0.15) is 9.65 Å². The highest BCUT2D eigenvalue weighted by Gasteiger charge is 2.29. The van der Waals surface area contributed by atoms with E-state index >= 15 is 0 Å². The Morgan fingerprint density at radius 1 is 1.50 bits per heavy atom. The van der Waals surface area contributed by atoms with Crippen LogP contribution in [-0.2, 0) is 17.0 Å². The Kier molecular flexibility index (Phi) is 5.06. The van der Waals surface area contributed by atoms with Crippen LogP contribution in [0.1, 0.15) is 35.6 Å². The predicted molar refractivity (Wildman–Crippen MR) is 102 cm³/mol. The lowest BCUT2D eigenvalue weighted by molar-refractivity contribution is 0.101. The third-order valence-electron chi connectivity index (χ3n) is 4.37. The van der Waals surface area contributed by atoms with Crippen molar-refractivity contribution in [1.82, 2.24) is 14.3 Å². The first-order valence-electron chi connectivity index (χ1n) is 8.45. The number of amides is 1. The van der Waals surface area contributed by atoms with Crippen molar-refractivity contribution < 1.29 is 13.4 Å². The standard InChI is InChI=1S/C18H19FN6O2S/c1-10(2)14-5-4-13-15(28(21,27)24-14)9-25(3)17(13)18(26)23-11-6-12(8-20)22-16(19)7-11/h4-7,9-10,14H,1-3H3,(H2,21,24,27)(H,22,23,26). The van der Waals surface area contributed by atoms with E-state index in [-0.39, 0.29) is 33.9 Å². The molecule has 0 saturated carbocycles. The lowest BCUT2D eigenvalue weighted by Crippen LogP contribution is -2.35. The number of aryl methyl sites for hydroxylation is 1. The van der Waals surface area contributed by atoms with Crippen LogP contribution in [0.15, 0.2) is 29.3 Å². The zero-order valence-electron chi connectivity index (χ0n) is 15.5. The summed E-state index contributed by atoms with van der Waals surface area (Å²) in [5.41, 5.74) is 0.448. The maximum Gasteiger partial charge on any atom is 0.272 e. The number of aromatic nitrogens is 2. The highest BCUT2D eigenvalue weighted by molar-refractivity contribution is 7.90. The van der Waals surface area contributed by atoms with Crippen LogP contribution in [-0.4, -0.2) is 25.7 Å². The number of fused-ring (bicyclic) bond motifs is 1. The number of hydrogen-bond acceptors (Lipinski definition) is 5. The number of carbonyl (C=O) groups is 1. The van der Waals surface area contributed by atoms with Crippen molar-refractivity contribution in [2.24, 2.45) is 13.0 Å². The Bertz CT molecular complexity index is 1130. The second-order valence-corrected chi connectivity index (χ2v) is 8.59. The first-order chi connectivity index (χ1) is 13.1. The second-order valence-electron chi connectivity index (χ2n) is 6.80. The minimum absolute atomic E-state index is 0.0754. The van der Waals surface area contributed by atoms with Gasteiger partial charge in [-0.15, -0.1) is 0 Å². The van der Waals surface area contributed by atoms with Gasteiger partial charge >= 0.3 is 0 Å². The number of hydrogen-bond donors (Lipinski definition) is 3. The molecule has 2 aromatic rings. The molecule has 0 fully saturated rings. The van der Waals surface area contributed by atoms with Crippen LogP contribution in [0.2, 0.25) is 0 Å². The van der Waals surface area contributed by atoms with Gasteiger partial charge in [-0.3, -0.25) is 4.79 Å². The molecule has 3 rings (SSSR count). The monoisotopic (exact) mass is 402 g/mol. The van der Waals surface area contributed by atoms with Gasteiger partial charge in [-0.05, 0) is 12.0 Å². The zero-order valence-corrected chi connectivity index (χ0v) is 16.3. The van der Waals surface area contributed by atoms with Crippen LogP contribution in [0.4, 0.5) is 10.1 Å². The fraction of sp³-hybridized carbons (Fsp3) is 0.278. The van der Waals surface area contributed by atoms with Crippen molar-refractivity contribution in [3.63, 3.8) is 0 Å². The molecule has 0 saturated heterocycles. The summed E-state index contributed by atoms with van der Waals surface area (Å²) in [4.78, 5) is 16.5. The molecule has 146 valence electrons. The molecule has 3 heterocycles. The lowest BCUT2D eigenvalue weighted by Gasteiger charge is -2.18. The smallest absolute Gasteiger partial charge is 0.272 e. The van der Waals surface area contributed by atoms with E-state index in [4.69, 9.17) is 10.0 Å². The number of halogens is 1. The fourth-order valence-corrected chi connectivity index (χ4v) is 4.60. The summed E-state index contributed by atoms with van der Waals surface area (Å²) >= 11 is 0. The van der Waals surface area contributed by atoms with Gasteiger partial charge in [0, 0.05) is 36.6 Å². The minimum Gasteiger partial charge on any atom is -0.345 e. The van der Waals surface area contributed by atoms with E-state index in [2.05, 4.69) is 15.0 Å². The normalized spacial score (nSPS) is 21.1. The van der Waals surface area contributed by atoms with E-state index in [9.17, 15) is 13.4 Å². The molecular weight excluding hydrogens is 383 g/mol. The molecule has 0 radical (unpaired) electrons. The van der Waals surface area contributed by atoms with Crippen molar-refractivity contribution in [1.29, 1.82) is 10.0 Å². The molecule has 28 heavy (non-hydrogen) atoms. The average molecular weight is 402 g/mol. The Morgan fingerprint density at radius 3 is 2.86 bits per heavy atom. The molecule has 1 amide bonds. The van der Waals surface area contributed by atoms with Crippen LogP contribution in [0.5, 0.6) is 0 Å². The highest BCUT2D eigenvalue weighted by atomic mass is 32.2. The first kappa shape index (κ1) is 19.7. The molecular formula is C18H19FN6O2S. The Morgan fingerprint density at radius 2 is 2.21 bits per heavy atom. The van der Waals surface area contributed by atoms with E-state index in [0.29, 0.717) is 5.56 Å². The Balaban J connectivity index is 2.04. The molecule has 0 aliphatic carbocycles. The summed E-state index contributed by atoms with van der Waals surface area (Å²) in [6.07, 6.45) is 4.94. The van der Waals surface area contributed by atoms with Crippen molar-refractivity contribution in [2.75, 3.05) is 5.32 Å². The van der Waals surface area contributed by atoms with E-state index in [1.165, 1.54) is 16.8 Å². The van der Waals surface area contributed by atoms with Crippen LogP contribution in [0.3, 0.4) is 0 Å². The molecule has 8 nitrogen and oxygen atoms in total. The Hall–Kier alpha value is -3.03. The minimum atomic E-state index is -3.32. The molecule has 3 N–H and O–H groups in total. The molecule has 2 aromatic heterocycles. The SMILES string of the molecule is CC(C)C1C=Cc2c(cn(C)c2C(=O)Nc2cc(F)nc(C#N)c2)S(=N)(=O)N1. The molecule has 10 heteroatoms. The molecule has 1 aliphatic heterocycles. The topological polar surface area (TPSA) is 124 Å². The van der Waals surface area contributed by atoms with Gasteiger partial charge in [-0.25, -0.2) is 18.7 Å². The first-order valence-corrected chi connectivity index (χ1v) is 10.0. The predicted octanol–water partition coefficient (Wildman–Crippen LogP) is 2.64. The second kappa shape index (κ2) is 7.18. The lowest BCUT2D eigenvalue weighted by atomic mass is 10.0. The summed E-state index contributed by atoms with van der Waals surface area (Å²) in [5.74, 6) is -1.37. The maximum absolute atomic E-state index is 13.5. The van der Waals surface area contributed by atoms with Crippen molar-refractivity contribution in [2.45, 2.75) is 24.8 Å². The van der Waals surface area contributed by atoms with Crippen molar-refractivity contribution >= 4 is 27.6 Å². The van der Waals surface area contributed by atoms with Crippen molar-refractivity contribution in [3.8, 4) is 6.07 Å². The number of nitriles is 1. The quantitative estimate of drug-likeness (QED) is 0.683. The summed E-state index contributed by atoms with van der Waals surface area (Å²) in [5, 5.41) is 11.4. The summed E-state index contributed by atoms with van der Waals surface area (Å²) in [7, 11) is -1.73. The number of pyridine rings is 1. The fourth-order valence-electron chi connectivity index (χ4n) is 2.96. The van der Waals surface area contributed by atoms with Gasteiger partial charge in [0.15, 0.2) is 0 Å². The third kappa shape index (κ3) is 3.67. The highest BCUT2D eigenvalue weighted by Crippen LogP contribution is 2.28. The molecule has 2 unspecified atom stereocenters. The number of nitrogens with zero attached hydrogens (tertiary/aromatic N) is 3. The summed E-state index contributed by atoms with van der Waals surface area (Å²) in [6.45, 7) is 3.87. The number of carbonyl (C=O) groups excluding carboxylic acids is 1. The van der Waals surface area contributed by atoms with E-state index in [0.717, 1.165) is 6.07 Å².